The van der Waals surface area contributed by atoms with Gasteiger partial charge in [0, 0.05) is 24.4 Å². The van der Waals surface area contributed by atoms with Crippen LogP contribution in [0.2, 0.25) is 5.02 Å². The second-order valence-corrected chi connectivity index (χ2v) is 8.02. The molecule has 29 heavy (non-hydrogen) atoms. The molecule has 0 aliphatic carbocycles. The van der Waals surface area contributed by atoms with Gasteiger partial charge in [-0.3, -0.25) is 14.1 Å². The van der Waals surface area contributed by atoms with Crippen molar-refractivity contribution in [3.8, 4) is 0 Å². The van der Waals surface area contributed by atoms with Crippen LogP contribution in [-0.4, -0.2) is 19.1 Å². The number of imidazole rings is 1. The number of aromatic amines is 1. The number of aromatic nitrogens is 4. The highest BCUT2D eigenvalue weighted by Crippen LogP contribution is 2.28. The lowest BCUT2D eigenvalue weighted by molar-refractivity contribution is 0.684. The Hall–Kier alpha value is -2.77. The van der Waals surface area contributed by atoms with Crippen molar-refractivity contribution in [2.45, 2.75) is 23.7 Å². The third-order valence-corrected chi connectivity index (χ3v) is 6.16. The molecule has 0 unspecified atom stereocenters. The predicted octanol–water partition coefficient (Wildman–Crippen LogP) is 3.61. The highest BCUT2D eigenvalue weighted by Gasteiger charge is 2.17. The topological polar surface area (TPSA) is 72.7 Å². The van der Waals surface area contributed by atoms with Crippen molar-refractivity contribution in [1.29, 1.82) is 0 Å². The maximum Gasteiger partial charge on any atom is 0.350 e. The molecule has 0 fully saturated rings. The van der Waals surface area contributed by atoms with E-state index < -0.39 is 5.69 Å². The SMILES string of the molecule is Cn1c(=O)nc(SCc2ccccc2Cl)c2c1[nH]c(=O)n2CCc1ccccc1. The Morgan fingerprint density at radius 2 is 1.79 bits per heavy atom. The van der Waals surface area contributed by atoms with Crippen molar-refractivity contribution in [2.75, 3.05) is 0 Å². The van der Waals surface area contributed by atoms with Crippen LogP contribution >= 0.6 is 23.4 Å². The Morgan fingerprint density at radius 3 is 2.55 bits per heavy atom. The molecule has 0 bridgehead atoms. The van der Waals surface area contributed by atoms with E-state index in [0.717, 1.165) is 11.1 Å². The average molecular weight is 427 g/mol. The van der Waals surface area contributed by atoms with E-state index in [1.54, 1.807) is 11.6 Å². The van der Waals surface area contributed by atoms with Crippen LogP contribution in [0.4, 0.5) is 0 Å². The number of aryl methyl sites for hydroxylation is 3. The Bertz CT molecular complexity index is 1280. The van der Waals surface area contributed by atoms with Crippen molar-refractivity contribution in [3.63, 3.8) is 0 Å². The summed E-state index contributed by atoms with van der Waals surface area (Å²) in [6.07, 6.45) is 0.700. The third-order valence-electron chi connectivity index (χ3n) is 4.78. The summed E-state index contributed by atoms with van der Waals surface area (Å²) in [4.78, 5) is 32.0. The van der Waals surface area contributed by atoms with Gasteiger partial charge in [0.15, 0.2) is 0 Å². The molecule has 0 atom stereocenters. The maximum absolute atomic E-state index is 12.6. The molecule has 0 spiro atoms. The van der Waals surface area contributed by atoms with Gasteiger partial charge in [0.05, 0.1) is 0 Å². The minimum absolute atomic E-state index is 0.251. The lowest BCUT2D eigenvalue weighted by atomic mass is 10.1. The van der Waals surface area contributed by atoms with Crippen LogP contribution in [-0.2, 0) is 25.8 Å². The Balaban J connectivity index is 1.73. The van der Waals surface area contributed by atoms with E-state index in [0.29, 0.717) is 39.9 Å². The first-order chi connectivity index (χ1) is 14.0. The summed E-state index contributed by atoms with van der Waals surface area (Å²) < 4.78 is 3.03. The van der Waals surface area contributed by atoms with Crippen LogP contribution in [0, 0.1) is 0 Å². The number of halogens is 1. The van der Waals surface area contributed by atoms with Crippen LogP contribution < -0.4 is 11.4 Å². The molecule has 0 saturated carbocycles. The molecule has 0 saturated heterocycles. The molecule has 0 aliphatic rings. The van der Waals surface area contributed by atoms with Gasteiger partial charge in [-0.1, -0.05) is 71.9 Å². The summed E-state index contributed by atoms with van der Waals surface area (Å²) in [7, 11) is 1.61. The molecular weight excluding hydrogens is 408 g/mol. The molecular formula is C21H19ClN4O2S. The van der Waals surface area contributed by atoms with Gasteiger partial charge in [-0.25, -0.2) is 9.59 Å². The zero-order chi connectivity index (χ0) is 20.4. The van der Waals surface area contributed by atoms with Gasteiger partial charge in [-0.2, -0.15) is 4.98 Å². The molecule has 0 radical (unpaired) electrons. The molecule has 8 heteroatoms. The van der Waals surface area contributed by atoms with E-state index in [1.807, 2.05) is 54.6 Å². The van der Waals surface area contributed by atoms with Crippen molar-refractivity contribution < 1.29 is 0 Å². The van der Waals surface area contributed by atoms with Gasteiger partial charge >= 0.3 is 11.4 Å². The fraction of sp³-hybridized carbons (Fsp3) is 0.190. The van der Waals surface area contributed by atoms with Crippen molar-refractivity contribution in [2.24, 2.45) is 7.05 Å². The molecule has 2 aromatic carbocycles. The fourth-order valence-electron chi connectivity index (χ4n) is 3.19. The quantitative estimate of drug-likeness (QED) is 0.377. The fourth-order valence-corrected chi connectivity index (χ4v) is 4.50. The summed E-state index contributed by atoms with van der Waals surface area (Å²) in [5.74, 6) is 0.549. The molecule has 2 heterocycles. The van der Waals surface area contributed by atoms with E-state index in [9.17, 15) is 9.59 Å². The van der Waals surface area contributed by atoms with Gasteiger partial charge in [-0.15, -0.1) is 0 Å². The van der Waals surface area contributed by atoms with Crippen molar-refractivity contribution >= 4 is 34.5 Å². The molecule has 0 amide bonds. The lowest BCUT2D eigenvalue weighted by Gasteiger charge is -2.09. The van der Waals surface area contributed by atoms with Gasteiger partial charge in [0.25, 0.3) is 0 Å². The summed E-state index contributed by atoms with van der Waals surface area (Å²) in [5, 5.41) is 1.19. The first-order valence-corrected chi connectivity index (χ1v) is 10.5. The maximum atomic E-state index is 12.6. The zero-order valence-electron chi connectivity index (χ0n) is 15.8. The Labute approximate surface area is 176 Å². The molecule has 2 aromatic heterocycles. The van der Waals surface area contributed by atoms with E-state index >= 15 is 0 Å². The summed E-state index contributed by atoms with van der Waals surface area (Å²) >= 11 is 7.66. The van der Waals surface area contributed by atoms with E-state index in [4.69, 9.17) is 11.6 Å². The lowest BCUT2D eigenvalue weighted by Crippen LogP contribution is -2.21. The standard InChI is InChI=1S/C21H19ClN4O2S/c1-25-18-17(26(21(28)23-18)12-11-14-7-3-2-4-8-14)19(24-20(25)27)29-13-15-9-5-6-10-16(15)22/h2-10H,11-13H2,1H3,(H,23,28). The van der Waals surface area contributed by atoms with Crippen LogP contribution in [0.5, 0.6) is 0 Å². The monoisotopic (exact) mass is 426 g/mol. The summed E-state index contributed by atoms with van der Waals surface area (Å²) in [6, 6.07) is 17.5. The average Bonchev–Trinajstić information content (AvgIpc) is 3.06. The third kappa shape index (κ3) is 4.02. The second-order valence-electron chi connectivity index (χ2n) is 6.65. The van der Waals surface area contributed by atoms with Crippen LogP contribution in [0.25, 0.3) is 11.2 Å². The van der Waals surface area contributed by atoms with Gasteiger partial charge in [-0.05, 0) is 23.6 Å². The number of benzene rings is 2. The number of thioether (sulfide) groups is 1. The van der Waals surface area contributed by atoms with Gasteiger partial charge in [0.1, 0.15) is 16.2 Å². The summed E-state index contributed by atoms with van der Waals surface area (Å²) in [6.45, 7) is 0.488. The van der Waals surface area contributed by atoms with Crippen LogP contribution in [0.1, 0.15) is 11.1 Å². The van der Waals surface area contributed by atoms with E-state index in [2.05, 4.69) is 9.97 Å². The first kappa shape index (κ1) is 19.5. The summed E-state index contributed by atoms with van der Waals surface area (Å²) in [5.41, 5.74) is 2.55. The molecule has 0 aliphatic heterocycles. The number of fused-ring (bicyclic) bond motifs is 1. The molecule has 1 N–H and O–H groups in total. The number of rotatable bonds is 6. The molecule has 6 nitrogen and oxygen atoms in total. The van der Waals surface area contributed by atoms with Crippen LogP contribution in [0.15, 0.2) is 69.2 Å². The normalized spacial score (nSPS) is 11.2. The minimum Gasteiger partial charge on any atom is -0.291 e. The number of nitrogens with zero attached hydrogens (tertiary/aromatic N) is 3. The van der Waals surface area contributed by atoms with E-state index in [1.165, 1.54) is 16.3 Å². The van der Waals surface area contributed by atoms with Gasteiger partial charge < -0.3 is 0 Å². The van der Waals surface area contributed by atoms with E-state index in [-0.39, 0.29) is 5.69 Å². The second kappa shape index (κ2) is 8.31. The smallest absolute Gasteiger partial charge is 0.291 e. The van der Waals surface area contributed by atoms with Crippen LogP contribution in [0.3, 0.4) is 0 Å². The van der Waals surface area contributed by atoms with Crippen molar-refractivity contribution in [1.82, 2.24) is 19.1 Å². The molecule has 4 rings (SSSR count). The zero-order valence-corrected chi connectivity index (χ0v) is 17.3. The Kier molecular flexibility index (Phi) is 5.60. The Morgan fingerprint density at radius 1 is 1.07 bits per heavy atom. The van der Waals surface area contributed by atoms with Gasteiger partial charge in [0.2, 0.25) is 0 Å². The largest absolute Gasteiger partial charge is 0.350 e. The highest BCUT2D eigenvalue weighted by atomic mass is 35.5. The number of nitrogens with one attached hydrogen (secondary N) is 1. The van der Waals surface area contributed by atoms with Crippen molar-refractivity contribution in [3.05, 3.63) is 91.7 Å². The molecule has 4 aromatic rings. The highest BCUT2D eigenvalue weighted by molar-refractivity contribution is 7.98. The number of hydrogen-bond acceptors (Lipinski definition) is 4. The predicted molar refractivity (Wildman–Crippen MR) is 117 cm³/mol. The number of H-pyrrole nitrogens is 1. The first-order valence-electron chi connectivity index (χ1n) is 9.14. The minimum atomic E-state index is -0.407. The number of hydrogen-bond donors (Lipinski definition) is 1. The molecule has 148 valence electrons.